The first-order valence-corrected chi connectivity index (χ1v) is 6.55. The SMILES string of the molecule is Cn1cc(CNc2cc3c(cc2N)NC(=O)CC3)cn1. The highest BCUT2D eigenvalue weighted by molar-refractivity contribution is 5.95. The van der Waals surface area contributed by atoms with Gasteiger partial charge in [-0.05, 0) is 24.1 Å². The molecule has 1 aliphatic rings. The second-order valence-corrected chi connectivity index (χ2v) is 5.02. The van der Waals surface area contributed by atoms with E-state index in [1.165, 1.54) is 0 Å². The molecule has 2 aromatic rings. The average Bonchev–Trinajstić information content (AvgIpc) is 2.82. The minimum absolute atomic E-state index is 0.0490. The normalized spacial score (nSPS) is 13.8. The molecular formula is C14H17N5O. The Morgan fingerprint density at radius 1 is 1.45 bits per heavy atom. The van der Waals surface area contributed by atoms with Crippen molar-refractivity contribution < 1.29 is 4.79 Å². The van der Waals surface area contributed by atoms with E-state index in [-0.39, 0.29) is 5.91 Å². The van der Waals surface area contributed by atoms with Crippen LogP contribution >= 0.6 is 0 Å². The third-order valence-electron chi connectivity index (χ3n) is 3.41. The zero-order valence-corrected chi connectivity index (χ0v) is 11.3. The van der Waals surface area contributed by atoms with Crippen LogP contribution in [0.5, 0.6) is 0 Å². The van der Waals surface area contributed by atoms with E-state index in [1.54, 1.807) is 4.68 Å². The second kappa shape index (κ2) is 4.88. The Morgan fingerprint density at radius 2 is 2.30 bits per heavy atom. The minimum atomic E-state index is 0.0490. The number of rotatable bonds is 3. The highest BCUT2D eigenvalue weighted by atomic mass is 16.1. The molecule has 4 N–H and O–H groups in total. The number of nitrogens with zero attached hydrogens (tertiary/aromatic N) is 2. The van der Waals surface area contributed by atoms with Crippen molar-refractivity contribution in [2.75, 3.05) is 16.4 Å². The molecule has 1 amide bonds. The van der Waals surface area contributed by atoms with Crippen LogP contribution < -0.4 is 16.4 Å². The van der Waals surface area contributed by atoms with E-state index in [0.717, 1.165) is 28.9 Å². The molecule has 0 bridgehead atoms. The smallest absolute Gasteiger partial charge is 0.224 e. The van der Waals surface area contributed by atoms with Crippen molar-refractivity contribution >= 4 is 23.0 Å². The second-order valence-electron chi connectivity index (χ2n) is 5.02. The van der Waals surface area contributed by atoms with Crippen molar-refractivity contribution in [3.05, 3.63) is 35.7 Å². The molecule has 1 aromatic carbocycles. The number of benzene rings is 1. The number of nitrogens with one attached hydrogen (secondary N) is 2. The van der Waals surface area contributed by atoms with Gasteiger partial charge in [-0.2, -0.15) is 5.10 Å². The summed E-state index contributed by atoms with van der Waals surface area (Å²) in [6.07, 6.45) is 5.06. The molecule has 0 aliphatic carbocycles. The summed E-state index contributed by atoms with van der Waals surface area (Å²) in [4.78, 5) is 11.4. The molecule has 0 spiro atoms. The Labute approximate surface area is 117 Å². The van der Waals surface area contributed by atoms with Crippen LogP contribution in [-0.4, -0.2) is 15.7 Å². The average molecular weight is 271 g/mol. The van der Waals surface area contributed by atoms with Gasteiger partial charge in [0.25, 0.3) is 0 Å². The Kier molecular flexibility index (Phi) is 3.06. The van der Waals surface area contributed by atoms with Crippen LogP contribution in [0.4, 0.5) is 17.1 Å². The molecule has 104 valence electrons. The number of anilines is 3. The number of aromatic nitrogens is 2. The lowest BCUT2D eigenvalue weighted by Gasteiger charge is -2.19. The maximum absolute atomic E-state index is 11.4. The van der Waals surface area contributed by atoms with Gasteiger partial charge in [-0.3, -0.25) is 9.48 Å². The first kappa shape index (κ1) is 12.5. The summed E-state index contributed by atoms with van der Waals surface area (Å²) in [5, 5.41) is 10.3. The van der Waals surface area contributed by atoms with Gasteiger partial charge in [-0.1, -0.05) is 0 Å². The van der Waals surface area contributed by atoms with Gasteiger partial charge in [0.1, 0.15) is 0 Å². The highest BCUT2D eigenvalue weighted by Gasteiger charge is 2.16. The van der Waals surface area contributed by atoms with Gasteiger partial charge < -0.3 is 16.4 Å². The van der Waals surface area contributed by atoms with Crippen LogP contribution in [0.2, 0.25) is 0 Å². The van der Waals surface area contributed by atoms with E-state index in [9.17, 15) is 4.79 Å². The van der Waals surface area contributed by atoms with E-state index >= 15 is 0 Å². The number of aryl methyl sites for hydroxylation is 2. The Bertz CT molecular complexity index is 662. The Hall–Kier alpha value is -2.50. The lowest BCUT2D eigenvalue weighted by Crippen LogP contribution is -2.19. The van der Waals surface area contributed by atoms with Gasteiger partial charge >= 0.3 is 0 Å². The lowest BCUT2D eigenvalue weighted by molar-refractivity contribution is -0.116. The number of nitrogens with two attached hydrogens (primary N) is 1. The van der Waals surface area contributed by atoms with Crippen LogP contribution in [0.3, 0.4) is 0 Å². The summed E-state index contributed by atoms with van der Waals surface area (Å²) in [6, 6.07) is 3.83. The van der Waals surface area contributed by atoms with Crippen molar-refractivity contribution in [2.24, 2.45) is 7.05 Å². The fourth-order valence-corrected chi connectivity index (χ4v) is 2.36. The van der Waals surface area contributed by atoms with Crippen LogP contribution in [0.1, 0.15) is 17.5 Å². The Morgan fingerprint density at radius 3 is 3.05 bits per heavy atom. The number of nitrogen functional groups attached to an aromatic ring is 1. The van der Waals surface area contributed by atoms with Crippen LogP contribution in [0.15, 0.2) is 24.5 Å². The summed E-state index contributed by atoms with van der Waals surface area (Å²) in [6.45, 7) is 0.670. The minimum Gasteiger partial charge on any atom is -0.397 e. The number of hydrogen-bond acceptors (Lipinski definition) is 4. The van der Waals surface area contributed by atoms with E-state index < -0.39 is 0 Å². The van der Waals surface area contributed by atoms with Gasteiger partial charge in [0.05, 0.1) is 17.6 Å². The van der Waals surface area contributed by atoms with Crippen molar-refractivity contribution in [1.82, 2.24) is 9.78 Å². The number of carbonyl (C=O) groups is 1. The lowest BCUT2D eigenvalue weighted by atomic mass is 10.0. The van der Waals surface area contributed by atoms with Crippen molar-refractivity contribution in [2.45, 2.75) is 19.4 Å². The molecule has 20 heavy (non-hydrogen) atoms. The molecule has 3 rings (SSSR count). The summed E-state index contributed by atoms with van der Waals surface area (Å²) in [7, 11) is 1.89. The third kappa shape index (κ3) is 2.45. The molecule has 6 heteroatoms. The number of hydrogen-bond donors (Lipinski definition) is 3. The summed E-state index contributed by atoms with van der Waals surface area (Å²) in [5.74, 6) is 0.0490. The zero-order chi connectivity index (χ0) is 14.1. The topological polar surface area (TPSA) is 85.0 Å². The van der Waals surface area contributed by atoms with Crippen molar-refractivity contribution in [3.63, 3.8) is 0 Å². The molecule has 0 radical (unpaired) electrons. The van der Waals surface area contributed by atoms with Crippen molar-refractivity contribution in [1.29, 1.82) is 0 Å². The molecular weight excluding hydrogens is 254 g/mol. The van der Waals surface area contributed by atoms with Gasteiger partial charge in [0, 0.05) is 37.5 Å². The van der Waals surface area contributed by atoms with E-state index in [1.807, 2.05) is 31.6 Å². The molecule has 0 fully saturated rings. The molecule has 0 atom stereocenters. The van der Waals surface area contributed by atoms with Gasteiger partial charge in [-0.25, -0.2) is 0 Å². The maximum atomic E-state index is 11.4. The van der Waals surface area contributed by atoms with Crippen LogP contribution in [0.25, 0.3) is 0 Å². The first-order valence-electron chi connectivity index (χ1n) is 6.55. The number of carbonyl (C=O) groups excluding carboxylic acids is 1. The van der Waals surface area contributed by atoms with E-state index in [4.69, 9.17) is 5.73 Å². The molecule has 0 unspecified atom stereocenters. The molecule has 6 nitrogen and oxygen atoms in total. The fraction of sp³-hybridized carbons (Fsp3) is 0.286. The third-order valence-corrected chi connectivity index (χ3v) is 3.41. The van der Waals surface area contributed by atoms with E-state index in [2.05, 4.69) is 15.7 Å². The summed E-state index contributed by atoms with van der Waals surface area (Å²) in [5.41, 5.74) is 10.6. The van der Waals surface area contributed by atoms with Crippen LogP contribution in [0, 0.1) is 0 Å². The zero-order valence-electron chi connectivity index (χ0n) is 11.3. The molecule has 1 aromatic heterocycles. The standard InChI is InChI=1S/C14H17N5O/c1-19-8-9(7-17-19)6-16-13-4-10-2-3-14(20)18-12(10)5-11(13)15/h4-5,7-8,16H,2-3,6,15H2,1H3,(H,18,20). The molecule has 2 heterocycles. The van der Waals surface area contributed by atoms with Gasteiger partial charge in [0.2, 0.25) is 5.91 Å². The monoisotopic (exact) mass is 271 g/mol. The fourth-order valence-electron chi connectivity index (χ4n) is 2.36. The summed E-state index contributed by atoms with van der Waals surface area (Å²) >= 11 is 0. The first-order chi connectivity index (χ1) is 9.61. The predicted molar refractivity (Wildman–Crippen MR) is 78.3 cm³/mol. The largest absolute Gasteiger partial charge is 0.397 e. The number of amides is 1. The molecule has 1 aliphatic heterocycles. The Balaban J connectivity index is 1.78. The van der Waals surface area contributed by atoms with Crippen molar-refractivity contribution in [3.8, 4) is 0 Å². The summed E-state index contributed by atoms with van der Waals surface area (Å²) < 4.78 is 1.77. The van der Waals surface area contributed by atoms with Gasteiger partial charge in [-0.15, -0.1) is 0 Å². The quantitative estimate of drug-likeness (QED) is 0.738. The van der Waals surface area contributed by atoms with Gasteiger partial charge in [0.15, 0.2) is 0 Å². The predicted octanol–water partition coefficient (Wildman–Crippen LogP) is 1.50. The van der Waals surface area contributed by atoms with Crippen LogP contribution in [-0.2, 0) is 24.8 Å². The molecule has 0 saturated carbocycles. The maximum Gasteiger partial charge on any atom is 0.224 e. The molecule has 0 saturated heterocycles. The van der Waals surface area contributed by atoms with E-state index in [0.29, 0.717) is 18.7 Å². The number of fused-ring (bicyclic) bond motifs is 1. The highest BCUT2D eigenvalue weighted by Crippen LogP contribution is 2.31.